The first-order valence-corrected chi connectivity index (χ1v) is 11.4. The van der Waals surface area contributed by atoms with Gasteiger partial charge < -0.3 is 20.0 Å². The summed E-state index contributed by atoms with van der Waals surface area (Å²) in [5, 5.41) is 15.1. The standard InChI is InChI=1S/C24H29N5O4/c30-23(17-19-5-2-1-3-6-19)27-12-4-11-26(15-16-27)21-8-7-20(18-22(21)29(32)33)24(31)28-13-9-25-10-14-28/h1-3,5-8,18,25H,4,9-17H2. The molecule has 2 heterocycles. The van der Waals surface area contributed by atoms with Crippen molar-refractivity contribution in [1.29, 1.82) is 0 Å². The number of benzene rings is 2. The molecule has 0 atom stereocenters. The first-order valence-electron chi connectivity index (χ1n) is 11.4. The van der Waals surface area contributed by atoms with Crippen LogP contribution in [0.15, 0.2) is 48.5 Å². The lowest BCUT2D eigenvalue weighted by molar-refractivity contribution is -0.384. The Morgan fingerprint density at radius 1 is 0.909 bits per heavy atom. The SMILES string of the molecule is O=C(Cc1ccccc1)N1CCCN(c2ccc(C(=O)N3CCNCC3)cc2[N+](=O)[O-])CC1. The number of hydrogen-bond donors (Lipinski definition) is 1. The van der Waals surface area contributed by atoms with E-state index in [0.717, 1.165) is 25.1 Å². The number of hydrogen-bond acceptors (Lipinski definition) is 6. The van der Waals surface area contributed by atoms with E-state index < -0.39 is 4.92 Å². The second kappa shape index (κ2) is 10.4. The summed E-state index contributed by atoms with van der Waals surface area (Å²) < 4.78 is 0. The molecule has 4 rings (SSSR count). The number of carbonyl (C=O) groups is 2. The van der Waals surface area contributed by atoms with Crippen molar-refractivity contribution in [3.05, 3.63) is 69.8 Å². The van der Waals surface area contributed by atoms with E-state index in [-0.39, 0.29) is 17.5 Å². The van der Waals surface area contributed by atoms with Gasteiger partial charge in [0.05, 0.1) is 11.3 Å². The molecule has 0 aliphatic carbocycles. The highest BCUT2D eigenvalue weighted by molar-refractivity contribution is 5.96. The summed E-state index contributed by atoms with van der Waals surface area (Å²) in [6.07, 6.45) is 1.07. The Kier molecular flexibility index (Phi) is 7.19. The maximum absolute atomic E-state index is 12.8. The summed E-state index contributed by atoms with van der Waals surface area (Å²) in [7, 11) is 0. The number of amides is 2. The largest absolute Gasteiger partial charge is 0.364 e. The molecule has 0 unspecified atom stereocenters. The Balaban J connectivity index is 1.46. The highest BCUT2D eigenvalue weighted by atomic mass is 16.6. The van der Waals surface area contributed by atoms with E-state index >= 15 is 0 Å². The van der Waals surface area contributed by atoms with Crippen LogP contribution in [0.2, 0.25) is 0 Å². The molecule has 2 aliphatic rings. The van der Waals surface area contributed by atoms with E-state index in [9.17, 15) is 19.7 Å². The molecule has 2 fully saturated rings. The third-order valence-electron chi connectivity index (χ3n) is 6.21. The van der Waals surface area contributed by atoms with Crippen LogP contribution in [0.4, 0.5) is 11.4 Å². The van der Waals surface area contributed by atoms with Crippen LogP contribution in [0.1, 0.15) is 22.3 Å². The van der Waals surface area contributed by atoms with Crippen molar-refractivity contribution in [3.63, 3.8) is 0 Å². The zero-order chi connectivity index (χ0) is 23.2. The van der Waals surface area contributed by atoms with Crippen molar-refractivity contribution < 1.29 is 14.5 Å². The number of carbonyl (C=O) groups excluding carboxylic acids is 2. The number of piperazine rings is 1. The molecule has 0 spiro atoms. The van der Waals surface area contributed by atoms with Gasteiger partial charge in [0.1, 0.15) is 5.69 Å². The van der Waals surface area contributed by atoms with Crippen LogP contribution in [-0.4, -0.2) is 78.9 Å². The smallest absolute Gasteiger partial charge is 0.293 e. The molecule has 2 saturated heterocycles. The number of nitro benzene ring substituents is 1. The van der Waals surface area contributed by atoms with Crippen molar-refractivity contribution in [3.8, 4) is 0 Å². The van der Waals surface area contributed by atoms with Gasteiger partial charge in [-0.15, -0.1) is 0 Å². The summed E-state index contributed by atoms with van der Waals surface area (Å²) in [5.74, 6) is -0.116. The minimum absolute atomic E-state index is 0.0644. The zero-order valence-corrected chi connectivity index (χ0v) is 18.6. The molecule has 2 aromatic carbocycles. The number of nitrogens with zero attached hydrogens (tertiary/aromatic N) is 4. The minimum atomic E-state index is -0.424. The Hall–Kier alpha value is -3.46. The van der Waals surface area contributed by atoms with Gasteiger partial charge in [0.15, 0.2) is 0 Å². The van der Waals surface area contributed by atoms with E-state index in [0.29, 0.717) is 56.9 Å². The Labute approximate surface area is 193 Å². The third-order valence-corrected chi connectivity index (χ3v) is 6.21. The summed E-state index contributed by atoms with van der Waals surface area (Å²) in [6, 6.07) is 14.4. The molecular weight excluding hydrogens is 422 g/mol. The molecule has 33 heavy (non-hydrogen) atoms. The fourth-order valence-electron chi connectivity index (χ4n) is 4.41. The molecule has 2 aliphatic heterocycles. The van der Waals surface area contributed by atoms with Crippen LogP contribution in [0.5, 0.6) is 0 Å². The first-order chi connectivity index (χ1) is 16.0. The summed E-state index contributed by atoms with van der Waals surface area (Å²) in [5.41, 5.74) is 1.74. The van der Waals surface area contributed by atoms with Gasteiger partial charge in [-0.05, 0) is 24.1 Å². The normalized spacial score (nSPS) is 16.9. The second-order valence-corrected chi connectivity index (χ2v) is 8.39. The van der Waals surface area contributed by atoms with Gasteiger partial charge in [0, 0.05) is 64.0 Å². The van der Waals surface area contributed by atoms with Gasteiger partial charge >= 0.3 is 0 Å². The second-order valence-electron chi connectivity index (χ2n) is 8.39. The third kappa shape index (κ3) is 5.48. The lowest BCUT2D eigenvalue weighted by atomic mass is 10.1. The average Bonchev–Trinajstić information content (AvgIpc) is 3.11. The van der Waals surface area contributed by atoms with Crippen LogP contribution in [0, 0.1) is 10.1 Å². The van der Waals surface area contributed by atoms with Crippen LogP contribution in [0.3, 0.4) is 0 Å². The first kappa shape index (κ1) is 22.7. The Morgan fingerprint density at radius 3 is 2.39 bits per heavy atom. The van der Waals surface area contributed by atoms with Gasteiger partial charge in [-0.1, -0.05) is 30.3 Å². The lowest BCUT2D eigenvalue weighted by Crippen LogP contribution is -2.46. The zero-order valence-electron chi connectivity index (χ0n) is 18.6. The summed E-state index contributed by atoms with van der Waals surface area (Å²) in [4.78, 5) is 42.5. The predicted molar refractivity (Wildman–Crippen MR) is 125 cm³/mol. The molecule has 0 bridgehead atoms. The van der Waals surface area contributed by atoms with Gasteiger partial charge in [-0.25, -0.2) is 0 Å². The number of nitro groups is 1. The average molecular weight is 452 g/mol. The molecule has 0 saturated carbocycles. The van der Waals surface area contributed by atoms with Gasteiger partial charge in [-0.2, -0.15) is 0 Å². The highest BCUT2D eigenvalue weighted by Gasteiger charge is 2.27. The summed E-state index contributed by atoms with van der Waals surface area (Å²) in [6.45, 7) is 4.87. The molecule has 2 amide bonds. The number of anilines is 1. The van der Waals surface area contributed by atoms with E-state index in [2.05, 4.69) is 5.32 Å². The van der Waals surface area contributed by atoms with E-state index in [1.807, 2.05) is 40.1 Å². The van der Waals surface area contributed by atoms with Gasteiger partial charge in [-0.3, -0.25) is 19.7 Å². The fraction of sp³-hybridized carbons (Fsp3) is 0.417. The fourth-order valence-corrected chi connectivity index (χ4v) is 4.41. The van der Waals surface area contributed by atoms with Crippen LogP contribution < -0.4 is 10.2 Å². The molecule has 174 valence electrons. The van der Waals surface area contributed by atoms with Crippen molar-refractivity contribution in [2.75, 3.05) is 57.3 Å². The lowest BCUT2D eigenvalue weighted by Gasteiger charge is -2.28. The van der Waals surface area contributed by atoms with E-state index in [1.54, 1.807) is 17.0 Å². The molecule has 2 aromatic rings. The quantitative estimate of drug-likeness (QED) is 0.551. The van der Waals surface area contributed by atoms with Gasteiger partial charge in [0.25, 0.3) is 11.6 Å². The molecule has 0 aromatic heterocycles. The van der Waals surface area contributed by atoms with Crippen molar-refractivity contribution in [1.82, 2.24) is 15.1 Å². The minimum Gasteiger partial charge on any atom is -0.364 e. The topological polar surface area (TPSA) is 99.0 Å². The summed E-state index contributed by atoms with van der Waals surface area (Å²) >= 11 is 0. The van der Waals surface area contributed by atoms with Crippen LogP contribution >= 0.6 is 0 Å². The van der Waals surface area contributed by atoms with Crippen molar-refractivity contribution in [2.45, 2.75) is 12.8 Å². The van der Waals surface area contributed by atoms with E-state index in [4.69, 9.17) is 0 Å². The Bertz CT molecular complexity index is 1010. The predicted octanol–water partition coefficient (Wildman–Crippen LogP) is 1.92. The maximum Gasteiger partial charge on any atom is 0.293 e. The monoisotopic (exact) mass is 451 g/mol. The van der Waals surface area contributed by atoms with Crippen LogP contribution in [-0.2, 0) is 11.2 Å². The molecular formula is C24H29N5O4. The van der Waals surface area contributed by atoms with E-state index in [1.165, 1.54) is 6.07 Å². The highest BCUT2D eigenvalue weighted by Crippen LogP contribution is 2.30. The number of rotatable bonds is 5. The molecule has 9 heteroatoms. The molecule has 9 nitrogen and oxygen atoms in total. The van der Waals surface area contributed by atoms with Crippen molar-refractivity contribution in [2.24, 2.45) is 0 Å². The maximum atomic E-state index is 12.8. The number of nitrogens with one attached hydrogen (secondary N) is 1. The van der Waals surface area contributed by atoms with Crippen molar-refractivity contribution >= 4 is 23.2 Å². The van der Waals surface area contributed by atoms with Gasteiger partial charge in [0.2, 0.25) is 5.91 Å². The molecule has 0 radical (unpaired) electrons. The Morgan fingerprint density at radius 2 is 1.67 bits per heavy atom. The molecule has 1 N–H and O–H groups in total. The van der Waals surface area contributed by atoms with Crippen LogP contribution in [0.25, 0.3) is 0 Å².